The first-order valence-electron chi connectivity index (χ1n) is 6.38. The van der Waals surface area contributed by atoms with E-state index in [4.69, 9.17) is 16.6 Å². The molecule has 6 heteroatoms. The van der Waals surface area contributed by atoms with E-state index in [1.807, 2.05) is 6.07 Å². The highest BCUT2D eigenvalue weighted by molar-refractivity contribution is 7.71. The molecule has 1 N–H and O–H groups in total. The number of H-pyrrole nitrogens is 1. The number of nitrogens with zero attached hydrogens (tertiary/aromatic N) is 3. The average molecular weight is 276 g/mol. The highest BCUT2D eigenvalue weighted by Crippen LogP contribution is 2.16. The largest absolute Gasteiger partial charge is 0.413 e. The lowest BCUT2D eigenvalue weighted by atomic mass is 10.2. The van der Waals surface area contributed by atoms with Crippen LogP contribution in [0.25, 0.3) is 0 Å². The summed E-state index contributed by atoms with van der Waals surface area (Å²) in [7, 11) is 0. The van der Waals surface area contributed by atoms with Crippen LogP contribution in [0, 0.1) is 4.84 Å². The van der Waals surface area contributed by atoms with E-state index in [1.54, 1.807) is 0 Å². The minimum atomic E-state index is 0.345. The highest BCUT2D eigenvalue weighted by atomic mass is 32.1. The van der Waals surface area contributed by atoms with Crippen LogP contribution in [0.4, 0.5) is 5.69 Å². The van der Waals surface area contributed by atoms with Gasteiger partial charge in [0.05, 0.1) is 6.54 Å². The Kier molecular flexibility index (Phi) is 3.61. The van der Waals surface area contributed by atoms with Gasteiger partial charge in [-0.2, -0.15) is 0 Å². The summed E-state index contributed by atoms with van der Waals surface area (Å²) in [6.07, 6.45) is 0. The Labute approximate surface area is 116 Å². The second-order valence-corrected chi connectivity index (χ2v) is 4.98. The molecular formula is C13H16N4OS. The predicted octanol–water partition coefficient (Wildman–Crippen LogP) is 2.05. The molecular weight excluding hydrogens is 260 g/mol. The zero-order valence-electron chi connectivity index (χ0n) is 10.6. The maximum absolute atomic E-state index is 5.29. The van der Waals surface area contributed by atoms with E-state index in [9.17, 15) is 0 Å². The third kappa shape index (κ3) is 3.02. The number of benzene rings is 1. The summed E-state index contributed by atoms with van der Waals surface area (Å²) in [5.41, 5.74) is 1.29. The van der Waals surface area contributed by atoms with Crippen LogP contribution in [0.3, 0.4) is 0 Å². The first-order valence-corrected chi connectivity index (χ1v) is 6.79. The molecule has 1 aliphatic rings. The summed E-state index contributed by atoms with van der Waals surface area (Å²) in [5.74, 6) is 0.665. The second kappa shape index (κ2) is 5.54. The fraction of sp³-hybridized carbons (Fsp3) is 0.385. The van der Waals surface area contributed by atoms with Gasteiger partial charge in [-0.25, -0.2) is 5.10 Å². The van der Waals surface area contributed by atoms with Gasteiger partial charge in [-0.15, -0.1) is 5.10 Å². The molecule has 5 nitrogen and oxygen atoms in total. The van der Waals surface area contributed by atoms with Gasteiger partial charge in [0.15, 0.2) is 0 Å². The quantitative estimate of drug-likeness (QED) is 0.870. The summed E-state index contributed by atoms with van der Waals surface area (Å²) in [6.45, 7) is 4.77. The molecule has 0 saturated carbocycles. The summed E-state index contributed by atoms with van der Waals surface area (Å²) >= 11 is 4.87. The third-order valence-corrected chi connectivity index (χ3v) is 3.51. The molecule has 1 aromatic heterocycles. The molecule has 0 radical (unpaired) electrons. The van der Waals surface area contributed by atoms with Crippen LogP contribution in [-0.2, 0) is 6.54 Å². The minimum Gasteiger partial charge on any atom is -0.413 e. The Balaban J connectivity index is 1.56. The van der Waals surface area contributed by atoms with Crippen molar-refractivity contribution in [1.82, 2.24) is 15.1 Å². The van der Waals surface area contributed by atoms with Crippen molar-refractivity contribution in [1.29, 1.82) is 0 Å². The Morgan fingerprint density at radius 3 is 2.53 bits per heavy atom. The maximum atomic E-state index is 5.29. The molecule has 3 rings (SSSR count). The molecule has 2 heterocycles. The average Bonchev–Trinajstić information content (AvgIpc) is 2.86. The number of anilines is 1. The molecule has 0 bridgehead atoms. The fourth-order valence-electron chi connectivity index (χ4n) is 2.32. The van der Waals surface area contributed by atoms with Crippen molar-refractivity contribution in [3.63, 3.8) is 0 Å². The van der Waals surface area contributed by atoms with Crippen LogP contribution in [0.2, 0.25) is 0 Å². The topological polar surface area (TPSA) is 48.3 Å². The van der Waals surface area contributed by atoms with Crippen molar-refractivity contribution in [3.8, 4) is 0 Å². The first-order chi connectivity index (χ1) is 9.31. The Morgan fingerprint density at radius 2 is 1.89 bits per heavy atom. The van der Waals surface area contributed by atoms with E-state index in [2.05, 4.69) is 44.3 Å². The van der Waals surface area contributed by atoms with Gasteiger partial charge in [0.2, 0.25) is 5.89 Å². The van der Waals surface area contributed by atoms with Gasteiger partial charge >= 0.3 is 0 Å². The number of aromatic amines is 1. The molecule has 100 valence electrons. The van der Waals surface area contributed by atoms with Crippen molar-refractivity contribution in [2.45, 2.75) is 6.54 Å². The summed E-state index contributed by atoms with van der Waals surface area (Å²) < 4.78 is 5.29. The van der Waals surface area contributed by atoms with E-state index in [0.29, 0.717) is 10.7 Å². The van der Waals surface area contributed by atoms with Crippen LogP contribution >= 0.6 is 12.2 Å². The number of hydrogen-bond acceptors (Lipinski definition) is 5. The second-order valence-electron chi connectivity index (χ2n) is 4.61. The van der Waals surface area contributed by atoms with E-state index in [0.717, 1.165) is 32.7 Å². The van der Waals surface area contributed by atoms with Crippen molar-refractivity contribution in [2.24, 2.45) is 0 Å². The zero-order chi connectivity index (χ0) is 13.1. The lowest BCUT2D eigenvalue weighted by Crippen LogP contribution is -2.46. The molecule has 0 unspecified atom stereocenters. The summed E-state index contributed by atoms with van der Waals surface area (Å²) in [5, 5.41) is 6.69. The molecule has 2 aromatic rings. The van der Waals surface area contributed by atoms with E-state index < -0.39 is 0 Å². The van der Waals surface area contributed by atoms with Crippen molar-refractivity contribution < 1.29 is 4.42 Å². The van der Waals surface area contributed by atoms with Gasteiger partial charge in [-0.3, -0.25) is 4.90 Å². The van der Waals surface area contributed by atoms with Gasteiger partial charge in [0.1, 0.15) is 0 Å². The Bertz CT molecular complexity index is 572. The number of nitrogens with one attached hydrogen (secondary N) is 1. The summed E-state index contributed by atoms with van der Waals surface area (Å²) in [6, 6.07) is 10.5. The molecule has 0 aliphatic carbocycles. The van der Waals surface area contributed by atoms with E-state index in [1.165, 1.54) is 5.69 Å². The van der Waals surface area contributed by atoms with Gasteiger partial charge in [-0.05, 0) is 24.4 Å². The lowest BCUT2D eigenvalue weighted by Gasteiger charge is -2.35. The molecule has 1 aromatic carbocycles. The molecule has 1 saturated heterocycles. The molecule has 1 fully saturated rings. The fourth-order valence-corrected chi connectivity index (χ4v) is 2.46. The molecule has 19 heavy (non-hydrogen) atoms. The normalized spacial score (nSPS) is 16.7. The van der Waals surface area contributed by atoms with Crippen LogP contribution in [0.15, 0.2) is 34.7 Å². The number of rotatable bonds is 3. The van der Waals surface area contributed by atoms with E-state index >= 15 is 0 Å². The predicted molar refractivity (Wildman–Crippen MR) is 75.6 cm³/mol. The smallest absolute Gasteiger partial charge is 0.284 e. The van der Waals surface area contributed by atoms with Gasteiger partial charge < -0.3 is 9.32 Å². The monoisotopic (exact) mass is 276 g/mol. The zero-order valence-corrected chi connectivity index (χ0v) is 11.4. The minimum absolute atomic E-state index is 0.345. The first kappa shape index (κ1) is 12.4. The van der Waals surface area contributed by atoms with Crippen LogP contribution in [0.1, 0.15) is 5.89 Å². The number of hydrogen-bond donors (Lipinski definition) is 1. The van der Waals surface area contributed by atoms with E-state index in [-0.39, 0.29) is 0 Å². The third-order valence-electron chi connectivity index (χ3n) is 3.33. The molecule has 1 aliphatic heterocycles. The van der Waals surface area contributed by atoms with Crippen molar-refractivity contribution in [2.75, 3.05) is 31.1 Å². The van der Waals surface area contributed by atoms with Crippen LogP contribution in [-0.4, -0.2) is 41.3 Å². The van der Waals surface area contributed by atoms with Crippen molar-refractivity contribution in [3.05, 3.63) is 41.1 Å². The SMILES string of the molecule is S=c1[nH]nc(CN2CCN(c3ccccc3)CC2)o1. The van der Waals surface area contributed by atoms with Gasteiger partial charge in [0.25, 0.3) is 4.84 Å². The Hall–Kier alpha value is -1.66. The Morgan fingerprint density at radius 1 is 1.16 bits per heavy atom. The molecule has 0 amide bonds. The maximum Gasteiger partial charge on any atom is 0.284 e. The van der Waals surface area contributed by atoms with Gasteiger partial charge in [-0.1, -0.05) is 18.2 Å². The standard InChI is InChI=1S/C13H16N4OS/c19-13-15-14-12(18-13)10-16-6-8-17(9-7-16)11-4-2-1-3-5-11/h1-5H,6-10H2,(H,15,19). The van der Waals surface area contributed by atoms with Crippen LogP contribution < -0.4 is 4.90 Å². The number of piperazine rings is 1. The van der Waals surface area contributed by atoms with Gasteiger partial charge in [0, 0.05) is 31.9 Å². The lowest BCUT2D eigenvalue weighted by molar-refractivity contribution is 0.225. The van der Waals surface area contributed by atoms with Crippen molar-refractivity contribution >= 4 is 17.9 Å². The summed E-state index contributed by atoms with van der Waals surface area (Å²) in [4.78, 5) is 5.07. The highest BCUT2D eigenvalue weighted by Gasteiger charge is 2.18. The number of para-hydroxylation sites is 1. The molecule has 0 spiro atoms. The number of aromatic nitrogens is 2. The van der Waals surface area contributed by atoms with Crippen LogP contribution in [0.5, 0.6) is 0 Å². The molecule has 0 atom stereocenters.